The number of hydrogen-bond acceptors (Lipinski definition) is 4. The summed E-state index contributed by atoms with van der Waals surface area (Å²) in [6.07, 6.45) is 4.57. The highest BCUT2D eigenvalue weighted by Gasteiger charge is 2.20. The monoisotopic (exact) mass is 210 g/mol. The van der Waals surface area contributed by atoms with E-state index in [0.717, 1.165) is 24.6 Å². The first-order valence-corrected chi connectivity index (χ1v) is 5.51. The molecule has 0 spiro atoms. The van der Waals surface area contributed by atoms with Crippen LogP contribution in [0.3, 0.4) is 0 Å². The zero-order valence-corrected chi connectivity index (χ0v) is 9.15. The molecule has 1 unspecified atom stereocenters. The molecule has 0 radical (unpaired) electrons. The van der Waals surface area contributed by atoms with E-state index in [1.54, 1.807) is 7.11 Å². The Morgan fingerprint density at radius 3 is 3.00 bits per heavy atom. The zero-order chi connectivity index (χ0) is 10.7. The average Bonchev–Trinajstić information content (AvgIpc) is 2.51. The van der Waals surface area contributed by atoms with Crippen molar-refractivity contribution in [3.8, 4) is 0 Å². The molecule has 1 atom stereocenters. The van der Waals surface area contributed by atoms with Gasteiger partial charge in [-0.1, -0.05) is 6.42 Å². The van der Waals surface area contributed by atoms with E-state index in [-0.39, 0.29) is 6.10 Å². The molecule has 0 fully saturated rings. The molecule has 0 bridgehead atoms. The van der Waals surface area contributed by atoms with Crippen LogP contribution in [0.25, 0.3) is 0 Å². The third-order valence-electron chi connectivity index (χ3n) is 2.92. The topological polar surface area (TPSA) is 66.0 Å². The highest BCUT2D eigenvalue weighted by atomic mass is 16.5. The Morgan fingerprint density at radius 2 is 2.27 bits per heavy atom. The summed E-state index contributed by atoms with van der Waals surface area (Å²) in [6, 6.07) is 0. The molecule has 2 heterocycles. The first kappa shape index (κ1) is 10.6. The van der Waals surface area contributed by atoms with Crippen LogP contribution in [-0.2, 0) is 17.7 Å². The third-order valence-corrected chi connectivity index (χ3v) is 2.92. The van der Waals surface area contributed by atoms with Crippen LogP contribution in [0.1, 0.15) is 37.0 Å². The van der Waals surface area contributed by atoms with Gasteiger partial charge in [0.15, 0.2) is 5.82 Å². The number of aryl methyl sites for hydroxylation is 1. The smallest absolute Gasteiger partial charge is 0.163 e. The average molecular weight is 210 g/mol. The van der Waals surface area contributed by atoms with Gasteiger partial charge in [0, 0.05) is 26.6 Å². The quantitative estimate of drug-likeness (QED) is 0.795. The van der Waals surface area contributed by atoms with Gasteiger partial charge in [-0.2, -0.15) is 0 Å². The van der Waals surface area contributed by atoms with Crippen LogP contribution in [0, 0.1) is 0 Å². The Morgan fingerprint density at radius 1 is 1.40 bits per heavy atom. The maximum atomic E-state index is 5.64. The second-order valence-electron chi connectivity index (χ2n) is 3.90. The van der Waals surface area contributed by atoms with Gasteiger partial charge in [0.05, 0.1) is 0 Å². The van der Waals surface area contributed by atoms with Crippen LogP contribution >= 0.6 is 0 Å². The summed E-state index contributed by atoms with van der Waals surface area (Å²) in [5.74, 6) is 1.97. The van der Waals surface area contributed by atoms with Gasteiger partial charge in [-0.25, -0.2) is 0 Å². The van der Waals surface area contributed by atoms with Gasteiger partial charge in [-0.05, 0) is 12.8 Å². The van der Waals surface area contributed by atoms with Crippen molar-refractivity contribution < 1.29 is 4.74 Å². The summed E-state index contributed by atoms with van der Waals surface area (Å²) >= 11 is 0. The minimum absolute atomic E-state index is 0.121. The summed E-state index contributed by atoms with van der Waals surface area (Å²) in [7, 11) is 1.66. The van der Waals surface area contributed by atoms with E-state index in [9.17, 15) is 0 Å². The molecule has 1 aliphatic rings. The molecule has 0 saturated carbocycles. The summed E-state index contributed by atoms with van der Waals surface area (Å²) in [5.41, 5.74) is 5.64. The van der Waals surface area contributed by atoms with E-state index < -0.39 is 0 Å². The molecule has 84 valence electrons. The Bertz CT molecular complexity index is 319. The lowest BCUT2D eigenvalue weighted by atomic mass is 10.2. The van der Waals surface area contributed by atoms with E-state index in [2.05, 4.69) is 14.8 Å². The fourth-order valence-electron chi connectivity index (χ4n) is 2.05. The highest BCUT2D eigenvalue weighted by Crippen LogP contribution is 2.19. The second kappa shape index (κ2) is 4.72. The van der Waals surface area contributed by atoms with E-state index >= 15 is 0 Å². The fourth-order valence-corrected chi connectivity index (χ4v) is 2.05. The van der Waals surface area contributed by atoms with E-state index in [1.807, 2.05) is 0 Å². The highest BCUT2D eigenvalue weighted by molar-refractivity contribution is 5.01. The predicted molar refractivity (Wildman–Crippen MR) is 56.4 cm³/mol. The van der Waals surface area contributed by atoms with Crippen LogP contribution in [0.4, 0.5) is 0 Å². The summed E-state index contributed by atoms with van der Waals surface area (Å²) in [6.45, 7) is 1.45. The van der Waals surface area contributed by atoms with Crippen molar-refractivity contribution in [1.82, 2.24) is 14.8 Å². The molecule has 1 aromatic rings. The van der Waals surface area contributed by atoms with Crippen LogP contribution < -0.4 is 5.73 Å². The standard InChI is InChI=1S/C10H18N4O/c1-15-8(7-11)10-13-12-9-5-3-2-4-6-14(9)10/h8H,2-7,11H2,1H3. The van der Waals surface area contributed by atoms with E-state index in [0.29, 0.717) is 6.54 Å². The van der Waals surface area contributed by atoms with Crippen molar-refractivity contribution in [2.45, 2.75) is 38.3 Å². The number of nitrogens with two attached hydrogens (primary N) is 1. The molecular formula is C10H18N4O. The molecule has 2 N–H and O–H groups in total. The number of aromatic nitrogens is 3. The van der Waals surface area contributed by atoms with Crippen molar-refractivity contribution in [1.29, 1.82) is 0 Å². The summed E-state index contributed by atoms with van der Waals surface area (Å²) in [4.78, 5) is 0. The molecule has 0 amide bonds. The van der Waals surface area contributed by atoms with E-state index in [4.69, 9.17) is 10.5 Å². The number of fused-ring (bicyclic) bond motifs is 1. The van der Waals surface area contributed by atoms with Gasteiger partial charge in [-0.15, -0.1) is 10.2 Å². The number of rotatable bonds is 3. The Hall–Kier alpha value is -0.940. The van der Waals surface area contributed by atoms with Gasteiger partial charge in [0.1, 0.15) is 11.9 Å². The van der Waals surface area contributed by atoms with Crippen molar-refractivity contribution in [2.24, 2.45) is 5.73 Å². The fraction of sp³-hybridized carbons (Fsp3) is 0.800. The molecule has 0 aromatic carbocycles. The molecule has 15 heavy (non-hydrogen) atoms. The molecule has 5 heteroatoms. The largest absolute Gasteiger partial charge is 0.372 e. The predicted octanol–water partition coefficient (Wildman–Crippen LogP) is 0.651. The lowest BCUT2D eigenvalue weighted by molar-refractivity contribution is 0.0991. The second-order valence-corrected chi connectivity index (χ2v) is 3.90. The molecule has 5 nitrogen and oxygen atoms in total. The third kappa shape index (κ3) is 2.03. The maximum Gasteiger partial charge on any atom is 0.163 e. The molecule has 0 saturated heterocycles. The normalized spacial score (nSPS) is 18.3. The van der Waals surface area contributed by atoms with Gasteiger partial charge < -0.3 is 15.0 Å². The van der Waals surface area contributed by atoms with Crippen molar-refractivity contribution in [3.05, 3.63) is 11.6 Å². The number of ether oxygens (including phenoxy) is 1. The Balaban J connectivity index is 2.28. The van der Waals surface area contributed by atoms with E-state index in [1.165, 1.54) is 19.3 Å². The number of nitrogens with zero attached hydrogens (tertiary/aromatic N) is 3. The van der Waals surface area contributed by atoms with Gasteiger partial charge in [-0.3, -0.25) is 0 Å². The van der Waals surface area contributed by atoms with Crippen molar-refractivity contribution in [3.63, 3.8) is 0 Å². The lowest BCUT2D eigenvalue weighted by Crippen LogP contribution is -2.19. The number of hydrogen-bond donors (Lipinski definition) is 1. The molecule has 1 aliphatic heterocycles. The van der Waals surface area contributed by atoms with Crippen molar-refractivity contribution in [2.75, 3.05) is 13.7 Å². The SMILES string of the molecule is COC(CN)c1nnc2n1CCCCC2. The Labute approximate surface area is 89.6 Å². The lowest BCUT2D eigenvalue weighted by Gasteiger charge is -2.14. The molecule has 1 aromatic heterocycles. The molecular weight excluding hydrogens is 192 g/mol. The minimum atomic E-state index is -0.121. The molecule has 0 aliphatic carbocycles. The van der Waals surface area contributed by atoms with Gasteiger partial charge in [0.25, 0.3) is 0 Å². The first-order valence-electron chi connectivity index (χ1n) is 5.51. The summed E-state index contributed by atoms with van der Waals surface area (Å²) < 4.78 is 7.48. The van der Waals surface area contributed by atoms with Crippen LogP contribution in [0.15, 0.2) is 0 Å². The van der Waals surface area contributed by atoms with Crippen LogP contribution in [-0.4, -0.2) is 28.4 Å². The van der Waals surface area contributed by atoms with Crippen LogP contribution in [0.2, 0.25) is 0 Å². The number of methoxy groups -OCH3 is 1. The maximum absolute atomic E-state index is 5.64. The van der Waals surface area contributed by atoms with Crippen molar-refractivity contribution >= 4 is 0 Å². The van der Waals surface area contributed by atoms with Gasteiger partial charge >= 0.3 is 0 Å². The zero-order valence-electron chi connectivity index (χ0n) is 9.15. The minimum Gasteiger partial charge on any atom is -0.372 e. The molecule has 2 rings (SSSR count). The van der Waals surface area contributed by atoms with Gasteiger partial charge in [0.2, 0.25) is 0 Å². The summed E-state index contributed by atoms with van der Waals surface area (Å²) in [5, 5.41) is 8.40. The Kier molecular flexibility index (Phi) is 3.33. The van der Waals surface area contributed by atoms with Crippen LogP contribution in [0.5, 0.6) is 0 Å². The first-order chi connectivity index (χ1) is 7.36.